The zero-order chi connectivity index (χ0) is 21.5. The lowest BCUT2D eigenvalue weighted by Gasteiger charge is -2.33. The number of aromatic nitrogens is 4. The first-order valence-corrected chi connectivity index (χ1v) is 10.0. The number of pyridine rings is 2. The molecule has 158 valence electrons. The molecule has 10 heteroatoms. The van der Waals surface area contributed by atoms with E-state index in [1.54, 1.807) is 17.2 Å². The van der Waals surface area contributed by atoms with E-state index in [0.29, 0.717) is 30.2 Å². The molecule has 2 amide bonds. The molecule has 2 aliphatic rings. The Hall–Kier alpha value is -3.66. The molecule has 3 aromatic rings. The van der Waals surface area contributed by atoms with E-state index < -0.39 is 18.2 Å². The van der Waals surface area contributed by atoms with E-state index in [2.05, 4.69) is 24.8 Å². The summed E-state index contributed by atoms with van der Waals surface area (Å²) in [6.07, 6.45) is 3.05. The Morgan fingerprint density at radius 3 is 2.61 bits per heavy atom. The molecule has 1 saturated heterocycles. The molecule has 0 radical (unpaired) electrons. The van der Waals surface area contributed by atoms with Gasteiger partial charge in [0.05, 0.1) is 0 Å². The highest BCUT2D eigenvalue weighted by molar-refractivity contribution is 6.09. The minimum absolute atomic E-state index is 0.151. The Balaban J connectivity index is 1.51. The number of aryl methyl sites for hydroxylation is 1. The van der Waals surface area contributed by atoms with Gasteiger partial charge in [-0.2, -0.15) is 0 Å². The van der Waals surface area contributed by atoms with Crippen molar-refractivity contribution in [3.8, 4) is 0 Å². The smallest absolute Gasteiger partial charge is 0.412 e. The second kappa shape index (κ2) is 7.55. The molecule has 3 aromatic heterocycles. The van der Waals surface area contributed by atoms with Crippen molar-refractivity contribution >= 4 is 28.9 Å². The summed E-state index contributed by atoms with van der Waals surface area (Å²) in [5, 5.41) is 0.887. The Morgan fingerprint density at radius 2 is 1.81 bits per heavy atom. The maximum absolute atomic E-state index is 13.2. The lowest BCUT2D eigenvalue weighted by atomic mass is 10.2. The summed E-state index contributed by atoms with van der Waals surface area (Å²) in [7, 11) is 2.01. The van der Waals surface area contributed by atoms with Gasteiger partial charge in [-0.25, -0.2) is 24.6 Å². The summed E-state index contributed by atoms with van der Waals surface area (Å²) in [6.45, 7) is 4.60. The maximum atomic E-state index is 13.2. The molecule has 0 bridgehead atoms. The van der Waals surface area contributed by atoms with E-state index in [1.165, 1.54) is 17.3 Å². The minimum atomic E-state index is -1.04. The van der Waals surface area contributed by atoms with E-state index in [4.69, 9.17) is 4.74 Å². The van der Waals surface area contributed by atoms with Gasteiger partial charge in [-0.15, -0.1) is 0 Å². The van der Waals surface area contributed by atoms with Gasteiger partial charge in [0.25, 0.3) is 5.91 Å². The van der Waals surface area contributed by atoms with Gasteiger partial charge in [0, 0.05) is 50.2 Å². The largest absolute Gasteiger partial charge is 0.419 e. The van der Waals surface area contributed by atoms with Gasteiger partial charge >= 0.3 is 6.09 Å². The number of likely N-dealkylation sites (N-methyl/N-ethyl adjacent to an activating group) is 1. The fourth-order valence-corrected chi connectivity index (χ4v) is 3.82. The van der Waals surface area contributed by atoms with Crippen molar-refractivity contribution < 1.29 is 14.3 Å². The van der Waals surface area contributed by atoms with E-state index in [9.17, 15) is 9.59 Å². The number of piperazine rings is 1. The fraction of sp³-hybridized carbons (Fsp3) is 0.333. The van der Waals surface area contributed by atoms with Gasteiger partial charge in [0.15, 0.2) is 11.3 Å². The fourth-order valence-electron chi connectivity index (χ4n) is 3.82. The van der Waals surface area contributed by atoms with Crippen LogP contribution in [-0.4, -0.2) is 75.0 Å². The predicted octanol–water partition coefficient (Wildman–Crippen LogP) is 1.77. The number of ether oxygens (including phenoxy) is 1. The van der Waals surface area contributed by atoms with Crippen LogP contribution < -0.4 is 4.90 Å². The molecular weight excluding hydrogens is 398 g/mol. The van der Waals surface area contributed by atoms with E-state index >= 15 is 0 Å². The molecule has 0 aromatic carbocycles. The zero-order valence-corrected chi connectivity index (χ0v) is 17.2. The Bertz CT molecular complexity index is 1180. The molecule has 31 heavy (non-hydrogen) atoms. The summed E-state index contributed by atoms with van der Waals surface area (Å²) in [6, 6.07) is 5.48. The third-order valence-corrected chi connectivity index (χ3v) is 5.64. The van der Waals surface area contributed by atoms with Crippen LogP contribution in [0.3, 0.4) is 0 Å². The number of rotatable bonds is 2. The first-order valence-electron chi connectivity index (χ1n) is 10.0. The molecule has 1 fully saturated rings. The van der Waals surface area contributed by atoms with Crippen molar-refractivity contribution in [3.05, 3.63) is 53.7 Å². The lowest BCUT2D eigenvalue weighted by Crippen LogP contribution is -2.48. The van der Waals surface area contributed by atoms with Gasteiger partial charge in [-0.05, 0) is 37.7 Å². The Kier molecular flexibility index (Phi) is 4.70. The molecule has 1 atom stereocenters. The second-order valence-corrected chi connectivity index (χ2v) is 7.66. The number of carbonyl (C=O) groups excluding carboxylic acids is 2. The molecular formula is C21H21N7O3. The zero-order valence-electron chi connectivity index (χ0n) is 17.2. The molecule has 0 saturated carbocycles. The summed E-state index contributed by atoms with van der Waals surface area (Å²) in [5.41, 5.74) is 1.99. The van der Waals surface area contributed by atoms with Crippen LogP contribution in [0.5, 0.6) is 0 Å². The van der Waals surface area contributed by atoms with Crippen LogP contribution in [0.2, 0.25) is 0 Å². The van der Waals surface area contributed by atoms with Crippen LogP contribution in [0.1, 0.15) is 28.0 Å². The van der Waals surface area contributed by atoms with Crippen molar-refractivity contribution in [2.24, 2.45) is 0 Å². The van der Waals surface area contributed by atoms with Crippen molar-refractivity contribution in [2.75, 3.05) is 38.1 Å². The van der Waals surface area contributed by atoms with Gasteiger partial charge < -0.3 is 14.5 Å². The third-order valence-electron chi connectivity index (χ3n) is 5.64. The molecule has 0 spiro atoms. The first-order chi connectivity index (χ1) is 15.0. The molecule has 0 N–H and O–H groups in total. The van der Waals surface area contributed by atoms with Crippen LogP contribution in [-0.2, 0) is 4.74 Å². The topological polar surface area (TPSA) is 105 Å². The van der Waals surface area contributed by atoms with Gasteiger partial charge in [0.1, 0.15) is 11.5 Å². The quantitative estimate of drug-likeness (QED) is 0.619. The van der Waals surface area contributed by atoms with Crippen molar-refractivity contribution in [1.82, 2.24) is 29.7 Å². The monoisotopic (exact) mass is 419 g/mol. The Morgan fingerprint density at radius 1 is 1.03 bits per heavy atom. The second-order valence-electron chi connectivity index (χ2n) is 7.66. The summed E-state index contributed by atoms with van der Waals surface area (Å²) in [5.74, 6) is -0.0923. The summed E-state index contributed by atoms with van der Waals surface area (Å²) in [4.78, 5) is 48.5. The SMILES string of the molecule is Cc1ccnc2nc(N3C(=O)c4nccnc4C3OC(=O)N3CCN(C)CC3)ccc12. The van der Waals surface area contributed by atoms with Crippen LogP contribution >= 0.6 is 0 Å². The standard InChI is InChI=1S/C21H21N7O3/c1-13-5-6-24-18-14(13)3-4-15(25-18)28-19(29)16-17(23-8-7-22-16)20(28)31-21(30)27-11-9-26(2)10-12-27/h3-8,20H,9-12H2,1-2H3. The van der Waals surface area contributed by atoms with Crippen LogP contribution in [0, 0.1) is 6.92 Å². The van der Waals surface area contributed by atoms with Crippen molar-refractivity contribution in [1.29, 1.82) is 0 Å². The van der Waals surface area contributed by atoms with Gasteiger partial charge in [-0.3, -0.25) is 9.78 Å². The number of carbonyl (C=O) groups is 2. The minimum Gasteiger partial charge on any atom is -0.419 e. The molecule has 5 heterocycles. The number of fused-ring (bicyclic) bond motifs is 2. The number of nitrogens with zero attached hydrogens (tertiary/aromatic N) is 7. The van der Waals surface area contributed by atoms with Crippen molar-refractivity contribution in [3.63, 3.8) is 0 Å². The van der Waals surface area contributed by atoms with Gasteiger partial charge in [-0.1, -0.05) is 0 Å². The molecule has 5 rings (SSSR count). The van der Waals surface area contributed by atoms with E-state index in [1.807, 2.05) is 26.1 Å². The van der Waals surface area contributed by atoms with Crippen LogP contribution in [0.4, 0.5) is 10.6 Å². The highest BCUT2D eigenvalue weighted by atomic mass is 16.6. The molecule has 0 aliphatic carbocycles. The molecule has 10 nitrogen and oxygen atoms in total. The average Bonchev–Trinajstić information content (AvgIpc) is 3.06. The number of amides is 2. The highest BCUT2D eigenvalue weighted by Gasteiger charge is 2.44. The van der Waals surface area contributed by atoms with Crippen LogP contribution in [0.25, 0.3) is 11.0 Å². The number of anilines is 1. The summed E-state index contributed by atoms with van der Waals surface area (Å²) < 4.78 is 5.80. The highest BCUT2D eigenvalue weighted by Crippen LogP contribution is 2.36. The Labute approximate surface area is 178 Å². The molecule has 2 aliphatic heterocycles. The first kappa shape index (κ1) is 19.3. The van der Waals surface area contributed by atoms with Gasteiger partial charge in [0.2, 0.25) is 6.23 Å². The molecule has 1 unspecified atom stereocenters. The van der Waals surface area contributed by atoms with E-state index in [-0.39, 0.29) is 5.69 Å². The normalized spacial score (nSPS) is 19.0. The predicted molar refractivity (Wildman–Crippen MR) is 111 cm³/mol. The maximum Gasteiger partial charge on any atom is 0.412 e. The number of hydrogen-bond donors (Lipinski definition) is 0. The third kappa shape index (κ3) is 3.34. The number of hydrogen-bond acceptors (Lipinski definition) is 8. The van der Waals surface area contributed by atoms with Crippen LogP contribution in [0.15, 0.2) is 36.8 Å². The van der Waals surface area contributed by atoms with Crippen molar-refractivity contribution in [2.45, 2.75) is 13.2 Å². The lowest BCUT2D eigenvalue weighted by molar-refractivity contribution is 0.0477. The average molecular weight is 419 g/mol. The summed E-state index contributed by atoms with van der Waals surface area (Å²) >= 11 is 0. The van der Waals surface area contributed by atoms with E-state index in [0.717, 1.165) is 24.0 Å².